The molecule has 1 atom stereocenters. The number of rotatable bonds is 6. The summed E-state index contributed by atoms with van der Waals surface area (Å²) in [4.78, 5) is 4.70. The Hall–Kier alpha value is -1.41. The van der Waals surface area contributed by atoms with Gasteiger partial charge in [0.25, 0.3) is 0 Å². The fraction of sp³-hybridized carbons (Fsp3) is 0.438. The van der Waals surface area contributed by atoms with Crippen LogP contribution in [0.1, 0.15) is 32.4 Å². The van der Waals surface area contributed by atoms with Crippen LogP contribution in [0.15, 0.2) is 36.4 Å². The Morgan fingerprint density at radius 2 is 2.00 bits per heavy atom. The molecule has 0 saturated carbocycles. The third-order valence-corrected chi connectivity index (χ3v) is 3.23. The van der Waals surface area contributed by atoms with Gasteiger partial charge >= 0.3 is 0 Å². The van der Waals surface area contributed by atoms with Crippen LogP contribution in [-0.4, -0.2) is 17.6 Å². The van der Waals surface area contributed by atoms with Gasteiger partial charge in [-0.25, -0.2) is 0 Å². The van der Waals surface area contributed by atoms with Gasteiger partial charge in [0.2, 0.25) is 0 Å². The van der Waals surface area contributed by atoms with Crippen LogP contribution in [-0.2, 0) is 6.42 Å². The average Bonchev–Trinajstić information content (AvgIpc) is 2.42. The molecule has 1 unspecified atom stereocenters. The van der Waals surface area contributed by atoms with Crippen molar-refractivity contribution in [3.63, 3.8) is 0 Å². The number of pyridine rings is 1. The summed E-state index contributed by atoms with van der Waals surface area (Å²) < 4.78 is 0. The van der Waals surface area contributed by atoms with Crippen LogP contribution in [0, 0.1) is 0 Å². The first-order valence-corrected chi connectivity index (χ1v) is 6.87. The molecule has 0 saturated heterocycles. The van der Waals surface area contributed by atoms with Crippen molar-refractivity contribution in [2.45, 2.75) is 39.2 Å². The maximum Gasteiger partial charge on any atom is 0.0705 e. The van der Waals surface area contributed by atoms with Gasteiger partial charge in [-0.05, 0) is 44.9 Å². The van der Waals surface area contributed by atoms with Gasteiger partial charge in [-0.3, -0.25) is 4.98 Å². The number of hydrogen-bond acceptors (Lipinski definition) is 2. The zero-order valence-electron chi connectivity index (χ0n) is 11.3. The van der Waals surface area contributed by atoms with Gasteiger partial charge in [0.15, 0.2) is 0 Å². The summed E-state index contributed by atoms with van der Waals surface area (Å²) in [5.74, 6) is 0. The molecule has 0 spiro atoms. The standard InChI is InChI=1S/C16H22N2/c1-3-12-17-13(2)8-10-15-11-9-14-6-4-5-7-16(14)18-15/h4-7,9,11,13,17H,3,8,10,12H2,1-2H3. The molecule has 0 aliphatic heterocycles. The molecule has 1 aromatic heterocycles. The molecule has 1 heterocycles. The Balaban J connectivity index is 1.95. The highest BCUT2D eigenvalue weighted by Crippen LogP contribution is 2.13. The van der Waals surface area contributed by atoms with Crippen molar-refractivity contribution in [3.8, 4) is 0 Å². The number of aromatic nitrogens is 1. The zero-order chi connectivity index (χ0) is 12.8. The van der Waals surface area contributed by atoms with E-state index in [4.69, 9.17) is 4.98 Å². The monoisotopic (exact) mass is 242 g/mol. The molecule has 0 aliphatic rings. The van der Waals surface area contributed by atoms with Crippen molar-refractivity contribution >= 4 is 10.9 Å². The van der Waals surface area contributed by atoms with Crippen molar-refractivity contribution in [1.82, 2.24) is 10.3 Å². The van der Waals surface area contributed by atoms with E-state index in [2.05, 4.69) is 49.5 Å². The van der Waals surface area contributed by atoms with Gasteiger partial charge in [-0.1, -0.05) is 31.2 Å². The summed E-state index contributed by atoms with van der Waals surface area (Å²) in [5.41, 5.74) is 2.29. The maximum absolute atomic E-state index is 4.70. The zero-order valence-corrected chi connectivity index (χ0v) is 11.3. The topological polar surface area (TPSA) is 24.9 Å². The quantitative estimate of drug-likeness (QED) is 0.838. The molecule has 96 valence electrons. The lowest BCUT2D eigenvalue weighted by molar-refractivity contribution is 0.512. The van der Waals surface area contributed by atoms with E-state index in [1.807, 2.05) is 6.07 Å². The van der Waals surface area contributed by atoms with Crippen LogP contribution in [0.5, 0.6) is 0 Å². The fourth-order valence-electron chi connectivity index (χ4n) is 2.10. The largest absolute Gasteiger partial charge is 0.314 e. The highest BCUT2D eigenvalue weighted by Gasteiger charge is 2.03. The predicted molar refractivity (Wildman–Crippen MR) is 77.8 cm³/mol. The van der Waals surface area contributed by atoms with E-state index >= 15 is 0 Å². The molecule has 18 heavy (non-hydrogen) atoms. The van der Waals surface area contributed by atoms with E-state index in [-0.39, 0.29) is 0 Å². The third-order valence-electron chi connectivity index (χ3n) is 3.23. The average molecular weight is 242 g/mol. The first-order valence-electron chi connectivity index (χ1n) is 6.87. The van der Waals surface area contributed by atoms with E-state index in [1.165, 1.54) is 17.5 Å². The lowest BCUT2D eigenvalue weighted by Crippen LogP contribution is -2.27. The Morgan fingerprint density at radius 1 is 1.17 bits per heavy atom. The Labute approximate surface area is 109 Å². The summed E-state index contributed by atoms with van der Waals surface area (Å²) in [7, 11) is 0. The molecule has 2 heteroatoms. The van der Waals surface area contributed by atoms with Crippen LogP contribution >= 0.6 is 0 Å². The number of fused-ring (bicyclic) bond motifs is 1. The summed E-state index contributed by atoms with van der Waals surface area (Å²) in [6.45, 7) is 5.55. The van der Waals surface area contributed by atoms with Crippen molar-refractivity contribution in [2.24, 2.45) is 0 Å². The SMILES string of the molecule is CCCNC(C)CCc1ccc2ccccc2n1. The van der Waals surface area contributed by atoms with E-state index in [0.29, 0.717) is 6.04 Å². The highest BCUT2D eigenvalue weighted by molar-refractivity contribution is 5.78. The number of hydrogen-bond donors (Lipinski definition) is 1. The fourth-order valence-corrected chi connectivity index (χ4v) is 2.10. The van der Waals surface area contributed by atoms with Crippen LogP contribution in [0.25, 0.3) is 10.9 Å². The number of para-hydroxylation sites is 1. The molecule has 1 aromatic carbocycles. The minimum atomic E-state index is 0.568. The van der Waals surface area contributed by atoms with Crippen molar-refractivity contribution in [1.29, 1.82) is 0 Å². The number of nitrogens with one attached hydrogen (secondary N) is 1. The van der Waals surface area contributed by atoms with Crippen LogP contribution in [0.3, 0.4) is 0 Å². The Kier molecular flexibility index (Phi) is 4.71. The first-order chi connectivity index (χ1) is 8.79. The van der Waals surface area contributed by atoms with Crippen molar-refractivity contribution < 1.29 is 0 Å². The molecule has 2 nitrogen and oxygen atoms in total. The predicted octanol–water partition coefficient (Wildman–Crippen LogP) is 3.56. The highest BCUT2D eigenvalue weighted by atomic mass is 14.9. The minimum Gasteiger partial charge on any atom is -0.314 e. The van der Waals surface area contributed by atoms with Gasteiger partial charge < -0.3 is 5.32 Å². The summed E-state index contributed by atoms with van der Waals surface area (Å²) in [6.07, 6.45) is 3.38. The number of aryl methyl sites for hydroxylation is 1. The lowest BCUT2D eigenvalue weighted by Gasteiger charge is -2.12. The second-order valence-corrected chi connectivity index (χ2v) is 4.89. The number of benzene rings is 1. The molecule has 2 aromatic rings. The van der Waals surface area contributed by atoms with Gasteiger partial charge in [-0.2, -0.15) is 0 Å². The molecule has 0 radical (unpaired) electrons. The second-order valence-electron chi connectivity index (χ2n) is 4.89. The molecule has 0 aliphatic carbocycles. The summed E-state index contributed by atoms with van der Waals surface area (Å²) in [5, 5.41) is 4.73. The van der Waals surface area contributed by atoms with E-state index < -0.39 is 0 Å². The second kappa shape index (κ2) is 6.50. The van der Waals surface area contributed by atoms with Crippen molar-refractivity contribution in [3.05, 3.63) is 42.1 Å². The molecule has 0 bridgehead atoms. The lowest BCUT2D eigenvalue weighted by atomic mass is 10.1. The summed E-state index contributed by atoms with van der Waals surface area (Å²) in [6, 6.07) is 13.2. The van der Waals surface area contributed by atoms with Crippen LogP contribution in [0.2, 0.25) is 0 Å². The molecule has 0 amide bonds. The molecular formula is C16H22N2. The minimum absolute atomic E-state index is 0.568. The van der Waals surface area contributed by atoms with Gasteiger partial charge in [0.05, 0.1) is 5.52 Å². The Morgan fingerprint density at radius 3 is 2.83 bits per heavy atom. The van der Waals surface area contributed by atoms with Gasteiger partial charge in [0.1, 0.15) is 0 Å². The summed E-state index contributed by atoms with van der Waals surface area (Å²) >= 11 is 0. The Bertz CT molecular complexity index is 493. The van der Waals surface area contributed by atoms with Crippen molar-refractivity contribution in [2.75, 3.05) is 6.54 Å². The van der Waals surface area contributed by atoms with E-state index in [1.54, 1.807) is 0 Å². The number of nitrogens with zero attached hydrogens (tertiary/aromatic N) is 1. The molecule has 0 fully saturated rings. The first kappa shape index (κ1) is 13.0. The normalized spacial score (nSPS) is 12.8. The molecule has 2 rings (SSSR count). The van der Waals surface area contributed by atoms with Gasteiger partial charge in [0, 0.05) is 17.1 Å². The van der Waals surface area contributed by atoms with Crippen LogP contribution in [0.4, 0.5) is 0 Å². The maximum atomic E-state index is 4.70. The van der Waals surface area contributed by atoms with Crippen LogP contribution < -0.4 is 5.32 Å². The third kappa shape index (κ3) is 3.54. The van der Waals surface area contributed by atoms with E-state index in [0.717, 1.165) is 24.9 Å². The van der Waals surface area contributed by atoms with Gasteiger partial charge in [-0.15, -0.1) is 0 Å². The molecule has 1 N–H and O–H groups in total. The van der Waals surface area contributed by atoms with E-state index in [9.17, 15) is 0 Å². The smallest absolute Gasteiger partial charge is 0.0705 e. The molecular weight excluding hydrogens is 220 g/mol.